The number of nitrogens with zero attached hydrogens (tertiary/aromatic N) is 1. The Morgan fingerprint density at radius 1 is 1.25 bits per heavy atom. The first-order valence-corrected chi connectivity index (χ1v) is 4.69. The quantitative estimate of drug-likeness (QED) is 0.515. The molecule has 0 bridgehead atoms. The predicted molar refractivity (Wildman–Crippen MR) is 53.2 cm³/mol. The van der Waals surface area contributed by atoms with Crippen molar-refractivity contribution >= 4 is 18.0 Å². The maximum absolute atomic E-state index is 11.1. The summed E-state index contributed by atoms with van der Waals surface area (Å²) in [5.41, 5.74) is -0.672. The van der Waals surface area contributed by atoms with E-state index in [-0.39, 0.29) is 0 Å². The first-order chi connectivity index (χ1) is 7.29. The van der Waals surface area contributed by atoms with E-state index >= 15 is 0 Å². The van der Waals surface area contributed by atoms with E-state index in [4.69, 9.17) is 4.74 Å². The fourth-order valence-electron chi connectivity index (χ4n) is 0.955. The Morgan fingerprint density at radius 3 is 2.19 bits per heavy atom. The molecule has 1 rings (SSSR count). The second-order valence-electron chi connectivity index (χ2n) is 4.18. The molecule has 6 heteroatoms. The largest absolute Gasteiger partial charge is 0.510 e. The number of ether oxygens (including phenoxy) is 2. The SMILES string of the molecule is CC(C)(C)OC(=O)OCN1C(=O)C=CC1=O. The number of imide groups is 1. The smallest absolute Gasteiger partial charge is 0.429 e. The van der Waals surface area contributed by atoms with Gasteiger partial charge < -0.3 is 9.47 Å². The summed E-state index contributed by atoms with van der Waals surface area (Å²) in [7, 11) is 0. The van der Waals surface area contributed by atoms with E-state index in [1.165, 1.54) is 0 Å². The fourth-order valence-corrected chi connectivity index (χ4v) is 0.955. The first-order valence-electron chi connectivity index (χ1n) is 4.69. The lowest BCUT2D eigenvalue weighted by molar-refractivity contribution is -0.141. The number of hydrogen-bond acceptors (Lipinski definition) is 5. The summed E-state index contributed by atoms with van der Waals surface area (Å²) in [5, 5.41) is 0. The second kappa shape index (κ2) is 4.34. The second-order valence-corrected chi connectivity index (χ2v) is 4.18. The van der Waals surface area contributed by atoms with E-state index in [0.717, 1.165) is 17.1 Å². The number of amides is 2. The van der Waals surface area contributed by atoms with Crippen molar-refractivity contribution in [2.45, 2.75) is 26.4 Å². The number of hydrogen-bond donors (Lipinski definition) is 0. The van der Waals surface area contributed by atoms with Crippen LogP contribution in [0.4, 0.5) is 4.79 Å². The van der Waals surface area contributed by atoms with Crippen LogP contribution in [-0.2, 0) is 19.1 Å². The van der Waals surface area contributed by atoms with Crippen molar-refractivity contribution in [2.24, 2.45) is 0 Å². The molecule has 0 radical (unpaired) electrons. The third kappa shape index (κ3) is 3.38. The average molecular weight is 227 g/mol. The van der Waals surface area contributed by atoms with Crippen molar-refractivity contribution in [3.63, 3.8) is 0 Å². The van der Waals surface area contributed by atoms with Gasteiger partial charge in [-0.15, -0.1) is 0 Å². The average Bonchev–Trinajstić information content (AvgIpc) is 2.41. The van der Waals surface area contributed by atoms with Crippen LogP contribution < -0.4 is 0 Å². The predicted octanol–water partition coefficient (Wildman–Crippen LogP) is 0.821. The van der Waals surface area contributed by atoms with Crippen molar-refractivity contribution in [2.75, 3.05) is 6.73 Å². The molecule has 0 fully saturated rings. The molecule has 6 nitrogen and oxygen atoms in total. The minimum Gasteiger partial charge on any atom is -0.429 e. The van der Waals surface area contributed by atoms with Gasteiger partial charge in [-0.3, -0.25) is 9.59 Å². The van der Waals surface area contributed by atoms with E-state index < -0.39 is 30.3 Å². The van der Waals surface area contributed by atoms with E-state index in [0.29, 0.717) is 0 Å². The van der Waals surface area contributed by atoms with Gasteiger partial charge in [0.25, 0.3) is 11.8 Å². The zero-order valence-electron chi connectivity index (χ0n) is 9.35. The van der Waals surface area contributed by atoms with Crippen molar-refractivity contribution in [1.29, 1.82) is 0 Å². The zero-order valence-corrected chi connectivity index (χ0v) is 9.35. The molecule has 16 heavy (non-hydrogen) atoms. The van der Waals surface area contributed by atoms with Gasteiger partial charge in [-0.2, -0.15) is 0 Å². The van der Waals surface area contributed by atoms with Crippen molar-refractivity contribution in [1.82, 2.24) is 4.90 Å². The van der Waals surface area contributed by atoms with Gasteiger partial charge in [-0.25, -0.2) is 9.69 Å². The fraction of sp³-hybridized carbons (Fsp3) is 0.500. The molecule has 1 aliphatic rings. The van der Waals surface area contributed by atoms with Crippen LogP contribution in [0.2, 0.25) is 0 Å². The Balaban J connectivity index is 2.38. The normalized spacial score (nSPS) is 15.6. The van der Waals surface area contributed by atoms with Crippen LogP contribution in [0.25, 0.3) is 0 Å². The van der Waals surface area contributed by atoms with Gasteiger partial charge in [-0.05, 0) is 20.8 Å². The maximum atomic E-state index is 11.1. The van der Waals surface area contributed by atoms with E-state index in [2.05, 4.69) is 4.74 Å². The van der Waals surface area contributed by atoms with Gasteiger partial charge >= 0.3 is 6.16 Å². The number of carbonyl (C=O) groups excluding carboxylic acids is 3. The molecule has 1 heterocycles. The number of carbonyl (C=O) groups is 3. The molecule has 0 aromatic carbocycles. The highest BCUT2D eigenvalue weighted by Crippen LogP contribution is 2.09. The molecule has 0 aromatic rings. The zero-order chi connectivity index (χ0) is 12.3. The summed E-state index contributed by atoms with van der Waals surface area (Å²) >= 11 is 0. The lowest BCUT2D eigenvalue weighted by atomic mass is 10.2. The molecule has 0 saturated heterocycles. The molecule has 1 aliphatic heterocycles. The lowest BCUT2D eigenvalue weighted by Crippen LogP contribution is -2.34. The molecule has 0 aliphatic carbocycles. The highest BCUT2D eigenvalue weighted by molar-refractivity contribution is 6.12. The Bertz CT molecular complexity index is 335. The van der Waals surface area contributed by atoms with Crippen LogP contribution in [0.15, 0.2) is 12.2 Å². The van der Waals surface area contributed by atoms with Gasteiger partial charge in [-0.1, -0.05) is 0 Å². The van der Waals surface area contributed by atoms with E-state index in [9.17, 15) is 14.4 Å². The molecule has 2 amide bonds. The molecule has 0 N–H and O–H groups in total. The van der Waals surface area contributed by atoms with Crippen LogP contribution in [0.5, 0.6) is 0 Å². The molecule has 0 atom stereocenters. The summed E-state index contributed by atoms with van der Waals surface area (Å²) in [4.78, 5) is 34.0. The highest BCUT2D eigenvalue weighted by Gasteiger charge is 2.25. The summed E-state index contributed by atoms with van der Waals surface area (Å²) in [6.45, 7) is 4.62. The van der Waals surface area contributed by atoms with E-state index in [1.54, 1.807) is 20.8 Å². The van der Waals surface area contributed by atoms with E-state index in [1.807, 2.05) is 0 Å². The number of rotatable bonds is 2. The van der Waals surface area contributed by atoms with Gasteiger partial charge in [0.15, 0.2) is 6.73 Å². The van der Waals surface area contributed by atoms with Crippen molar-refractivity contribution in [3.05, 3.63) is 12.2 Å². The first kappa shape index (κ1) is 12.2. The summed E-state index contributed by atoms with van der Waals surface area (Å²) < 4.78 is 9.46. The molecular formula is C10H13NO5. The van der Waals surface area contributed by atoms with Crippen molar-refractivity contribution < 1.29 is 23.9 Å². The molecule has 0 aromatic heterocycles. The molecular weight excluding hydrogens is 214 g/mol. The Morgan fingerprint density at radius 2 is 1.75 bits per heavy atom. The minimum atomic E-state index is -0.917. The van der Waals surface area contributed by atoms with Crippen LogP contribution in [0.3, 0.4) is 0 Å². The van der Waals surface area contributed by atoms with Crippen LogP contribution in [-0.4, -0.2) is 35.2 Å². The van der Waals surface area contributed by atoms with Gasteiger partial charge in [0.2, 0.25) is 0 Å². The lowest BCUT2D eigenvalue weighted by Gasteiger charge is -2.20. The van der Waals surface area contributed by atoms with Crippen LogP contribution >= 0.6 is 0 Å². The highest BCUT2D eigenvalue weighted by atomic mass is 16.7. The van der Waals surface area contributed by atoms with Crippen molar-refractivity contribution in [3.8, 4) is 0 Å². The van der Waals surface area contributed by atoms with Crippen LogP contribution in [0.1, 0.15) is 20.8 Å². The monoisotopic (exact) mass is 227 g/mol. The molecule has 88 valence electrons. The Labute approximate surface area is 92.8 Å². The van der Waals surface area contributed by atoms with Gasteiger partial charge in [0, 0.05) is 12.2 Å². The van der Waals surface area contributed by atoms with Gasteiger partial charge in [0.1, 0.15) is 5.60 Å². The summed E-state index contributed by atoms with van der Waals surface area (Å²) in [6, 6.07) is 0. The molecule has 0 saturated carbocycles. The minimum absolute atomic E-state index is 0.431. The third-order valence-electron chi connectivity index (χ3n) is 1.60. The molecule has 0 unspecified atom stereocenters. The topological polar surface area (TPSA) is 72.9 Å². The third-order valence-corrected chi connectivity index (χ3v) is 1.60. The Hall–Kier alpha value is -1.85. The summed E-state index contributed by atoms with van der Waals surface area (Å²) in [5.74, 6) is -1.01. The summed E-state index contributed by atoms with van der Waals surface area (Å²) in [6.07, 6.45) is 1.31. The Kier molecular flexibility index (Phi) is 3.31. The standard InChI is InChI=1S/C10H13NO5/c1-10(2,3)16-9(14)15-6-11-7(12)4-5-8(11)13/h4-5H,6H2,1-3H3. The van der Waals surface area contributed by atoms with Gasteiger partial charge in [0.05, 0.1) is 0 Å². The maximum Gasteiger partial charge on any atom is 0.510 e. The molecule has 0 spiro atoms. The van der Waals surface area contributed by atoms with Crippen LogP contribution in [0, 0.1) is 0 Å².